The first-order valence-corrected chi connectivity index (χ1v) is 2.81. The topological polar surface area (TPSA) is 75.1 Å². The number of azide groups is 1. The Balaban J connectivity index is 3.67. The van der Waals surface area contributed by atoms with Crippen LogP contribution in [0, 0.1) is 0 Å². The number of rotatable bonds is 3. The fraction of sp³-hybridized carbons (Fsp3) is 0.800. The summed E-state index contributed by atoms with van der Waals surface area (Å²) in [6.07, 6.45) is 0.139. The van der Waals surface area contributed by atoms with Gasteiger partial charge in [-0.3, -0.25) is 4.79 Å². The van der Waals surface area contributed by atoms with E-state index >= 15 is 0 Å². The van der Waals surface area contributed by atoms with Crippen LogP contribution in [0.3, 0.4) is 0 Å². The van der Waals surface area contributed by atoms with Gasteiger partial charge in [0.2, 0.25) is 0 Å². The molecule has 5 nitrogen and oxygen atoms in total. The number of carbonyl (C=O) groups excluding carboxylic acids is 1. The molecule has 0 saturated heterocycles. The number of carbonyl (C=O) groups is 1. The van der Waals surface area contributed by atoms with Crippen molar-refractivity contribution in [1.29, 1.82) is 0 Å². The molecule has 0 saturated carbocycles. The second kappa shape index (κ2) is 4.64. The van der Waals surface area contributed by atoms with E-state index in [1.165, 1.54) is 7.11 Å². The van der Waals surface area contributed by atoms with Gasteiger partial charge < -0.3 is 4.74 Å². The highest BCUT2D eigenvalue weighted by Crippen LogP contribution is 1.97. The molecule has 0 rings (SSSR count). The van der Waals surface area contributed by atoms with Crippen molar-refractivity contribution in [3.63, 3.8) is 0 Å². The predicted molar refractivity (Wildman–Crippen MR) is 35.2 cm³/mol. The van der Waals surface area contributed by atoms with Crippen LogP contribution in [0.4, 0.5) is 0 Å². The minimum atomic E-state index is -0.361. The number of nitrogens with zero attached hydrogens (tertiary/aromatic N) is 3. The monoisotopic (exact) mass is 143 g/mol. The summed E-state index contributed by atoms with van der Waals surface area (Å²) >= 11 is 0. The molecule has 10 heavy (non-hydrogen) atoms. The van der Waals surface area contributed by atoms with E-state index in [1.807, 2.05) is 0 Å². The molecular formula is C5H9N3O2. The van der Waals surface area contributed by atoms with Crippen molar-refractivity contribution in [2.75, 3.05) is 7.11 Å². The SMILES string of the molecule is COC(=O)CC(C)N=[N+]=[N-]. The van der Waals surface area contributed by atoms with Gasteiger partial charge in [0.05, 0.1) is 13.5 Å². The van der Waals surface area contributed by atoms with Crippen molar-refractivity contribution in [3.8, 4) is 0 Å². The highest BCUT2D eigenvalue weighted by molar-refractivity contribution is 5.69. The summed E-state index contributed by atoms with van der Waals surface area (Å²) in [5.41, 5.74) is 7.93. The summed E-state index contributed by atoms with van der Waals surface area (Å²) in [6, 6.07) is -0.322. The molecule has 0 aromatic rings. The first-order chi connectivity index (χ1) is 4.70. The molecular weight excluding hydrogens is 134 g/mol. The Morgan fingerprint density at radius 3 is 2.90 bits per heavy atom. The zero-order valence-corrected chi connectivity index (χ0v) is 5.94. The van der Waals surface area contributed by atoms with Crippen LogP contribution >= 0.6 is 0 Å². The van der Waals surface area contributed by atoms with Gasteiger partial charge in [0.1, 0.15) is 0 Å². The largest absolute Gasteiger partial charge is 0.469 e. The molecule has 0 spiro atoms. The van der Waals surface area contributed by atoms with Crippen molar-refractivity contribution in [2.45, 2.75) is 19.4 Å². The van der Waals surface area contributed by atoms with E-state index < -0.39 is 0 Å². The summed E-state index contributed by atoms with van der Waals surface area (Å²) < 4.78 is 4.34. The average molecular weight is 143 g/mol. The van der Waals surface area contributed by atoms with Crippen molar-refractivity contribution >= 4 is 5.97 Å². The Kier molecular flexibility index (Phi) is 4.07. The second-order valence-electron chi connectivity index (χ2n) is 1.83. The van der Waals surface area contributed by atoms with Crippen molar-refractivity contribution in [2.24, 2.45) is 5.11 Å². The lowest BCUT2D eigenvalue weighted by molar-refractivity contribution is -0.140. The van der Waals surface area contributed by atoms with Gasteiger partial charge in [0, 0.05) is 11.0 Å². The molecule has 0 fully saturated rings. The van der Waals surface area contributed by atoms with Crippen LogP contribution < -0.4 is 0 Å². The lowest BCUT2D eigenvalue weighted by atomic mass is 10.2. The fourth-order valence-corrected chi connectivity index (χ4v) is 0.454. The number of hydrogen-bond donors (Lipinski definition) is 0. The Bertz CT molecular complexity index is 162. The standard InChI is InChI=1S/C5H9N3O2/c1-4(7-8-6)3-5(9)10-2/h4H,3H2,1-2H3. The molecule has 0 aliphatic rings. The maximum absolute atomic E-state index is 10.5. The average Bonchev–Trinajstić information content (AvgIpc) is 1.88. The molecule has 0 aromatic heterocycles. The van der Waals surface area contributed by atoms with Crippen LogP contribution in [-0.4, -0.2) is 19.1 Å². The first-order valence-electron chi connectivity index (χ1n) is 2.81. The van der Waals surface area contributed by atoms with Crippen LogP contribution in [0.1, 0.15) is 13.3 Å². The normalized spacial score (nSPS) is 11.4. The lowest BCUT2D eigenvalue weighted by Gasteiger charge is -1.99. The Morgan fingerprint density at radius 1 is 1.90 bits per heavy atom. The van der Waals surface area contributed by atoms with Gasteiger partial charge in [-0.15, -0.1) is 0 Å². The minimum absolute atomic E-state index is 0.139. The molecule has 0 bridgehead atoms. The number of esters is 1. The third kappa shape index (κ3) is 3.74. The molecule has 5 heteroatoms. The maximum Gasteiger partial charge on any atom is 0.305 e. The molecule has 0 amide bonds. The maximum atomic E-state index is 10.5. The third-order valence-electron chi connectivity index (χ3n) is 0.939. The van der Waals surface area contributed by atoms with Gasteiger partial charge in [0.15, 0.2) is 0 Å². The fourth-order valence-electron chi connectivity index (χ4n) is 0.454. The predicted octanol–water partition coefficient (Wildman–Crippen LogP) is 1.25. The van der Waals surface area contributed by atoms with Crippen molar-refractivity contribution in [1.82, 2.24) is 0 Å². The van der Waals surface area contributed by atoms with E-state index in [0.717, 1.165) is 0 Å². The van der Waals surface area contributed by atoms with Gasteiger partial charge >= 0.3 is 5.97 Å². The molecule has 56 valence electrons. The number of ether oxygens (including phenoxy) is 1. The van der Waals surface area contributed by atoms with Crippen molar-refractivity contribution in [3.05, 3.63) is 10.4 Å². The van der Waals surface area contributed by atoms with Gasteiger partial charge in [-0.1, -0.05) is 12.0 Å². The molecule has 0 aliphatic heterocycles. The van der Waals surface area contributed by atoms with Gasteiger partial charge in [-0.05, 0) is 5.53 Å². The summed E-state index contributed by atoms with van der Waals surface area (Å²) in [5.74, 6) is -0.361. The number of hydrogen-bond acceptors (Lipinski definition) is 3. The van der Waals surface area contributed by atoms with E-state index in [1.54, 1.807) is 6.92 Å². The zero-order valence-electron chi connectivity index (χ0n) is 5.94. The number of methoxy groups -OCH3 is 1. The quantitative estimate of drug-likeness (QED) is 0.258. The molecule has 0 N–H and O–H groups in total. The zero-order chi connectivity index (χ0) is 7.98. The van der Waals surface area contributed by atoms with E-state index in [9.17, 15) is 4.79 Å². The van der Waals surface area contributed by atoms with Crippen LogP contribution in [-0.2, 0) is 9.53 Å². The molecule has 0 radical (unpaired) electrons. The van der Waals surface area contributed by atoms with E-state index in [-0.39, 0.29) is 18.4 Å². The lowest BCUT2D eigenvalue weighted by Crippen LogP contribution is -2.08. The Labute approximate surface area is 58.6 Å². The molecule has 1 unspecified atom stereocenters. The summed E-state index contributed by atoms with van der Waals surface area (Å²) in [5, 5.41) is 3.29. The minimum Gasteiger partial charge on any atom is -0.469 e. The summed E-state index contributed by atoms with van der Waals surface area (Å²) in [6.45, 7) is 1.65. The Hall–Kier alpha value is -1.22. The molecule has 0 heterocycles. The first kappa shape index (κ1) is 8.78. The molecule has 0 aliphatic carbocycles. The van der Waals surface area contributed by atoms with Gasteiger partial charge in [0.25, 0.3) is 0 Å². The second-order valence-corrected chi connectivity index (χ2v) is 1.83. The van der Waals surface area contributed by atoms with Crippen LogP contribution in [0.25, 0.3) is 10.4 Å². The highest BCUT2D eigenvalue weighted by Gasteiger charge is 2.05. The van der Waals surface area contributed by atoms with Gasteiger partial charge in [-0.2, -0.15) is 0 Å². The van der Waals surface area contributed by atoms with Gasteiger partial charge in [-0.25, -0.2) is 0 Å². The van der Waals surface area contributed by atoms with E-state index in [2.05, 4.69) is 14.8 Å². The molecule has 1 atom stereocenters. The van der Waals surface area contributed by atoms with Crippen LogP contribution in [0.15, 0.2) is 5.11 Å². The van der Waals surface area contributed by atoms with Crippen LogP contribution in [0.2, 0.25) is 0 Å². The van der Waals surface area contributed by atoms with E-state index in [0.29, 0.717) is 0 Å². The third-order valence-corrected chi connectivity index (χ3v) is 0.939. The Morgan fingerprint density at radius 2 is 2.50 bits per heavy atom. The smallest absolute Gasteiger partial charge is 0.305 e. The summed E-state index contributed by atoms with van der Waals surface area (Å²) in [4.78, 5) is 13.0. The highest BCUT2D eigenvalue weighted by atomic mass is 16.5. The van der Waals surface area contributed by atoms with E-state index in [4.69, 9.17) is 5.53 Å². The van der Waals surface area contributed by atoms with Crippen molar-refractivity contribution < 1.29 is 9.53 Å². The molecule has 0 aromatic carbocycles. The van der Waals surface area contributed by atoms with Crippen LogP contribution in [0.5, 0.6) is 0 Å². The summed E-state index contributed by atoms with van der Waals surface area (Å²) in [7, 11) is 1.30.